The van der Waals surface area contributed by atoms with E-state index >= 15 is 0 Å². The van der Waals surface area contributed by atoms with Crippen LogP contribution < -0.4 is 17.1 Å². The van der Waals surface area contributed by atoms with Crippen molar-refractivity contribution < 1.29 is 5.11 Å². The molecule has 0 bridgehead atoms. The van der Waals surface area contributed by atoms with Gasteiger partial charge in [0.2, 0.25) is 0 Å². The zero-order valence-electron chi connectivity index (χ0n) is 5.58. The molecule has 0 aliphatic rings. The normalized spacial score (nSPS) is 9.10. The summed E-state index contributed by atoms with van der Waals surface area (Å²) in [6, 6.07) is 0. The van der Waals surface area contributed by atoms with Crippen LogP contribution in [0, 0.1) is 0 Å². The lowest BCUT2D eigenvalue weighted by atomic mass is 10.4. The molecule has 0 aromatic carbocycles. The van der Waals surface area contributed by atoms with Crippen LogP contribution in [-0.4, -0.2) is 28.4 Å². The molecule has 0 saturated carbocycles. The van der Waals surface area contributed by atoms with E-state index in [4.69, 9.17) is 16.8 Å². The second-order valence-corrected chi connectivity index (χ2v) is 2.11. The molecule has 0 heterocycles. The molecular formula is C4H12N4OS. The van der Waals surface area contributed by atoms with Crippen molar-refractivity contribution in [3.05, 3.63) is 0 Å². The van der Waals surface area contributed by atoms with E-state index in [1.807, 2.05) is 0 Å². The highest BCUT2D eigenvalue weighted by molar-refractivity contribution is 7.80. The third kappa shape index (κ3) is 3.57. The molecule has 0 radical (unpaired) electrons. The minimum absolute atomic E-state index is 0.0981. The van der Waals surface area contributed by atoms with Crippen LogP contribution in [0.2, 0.25) is 0 Å². The second kappa shape index (κ2) is 5.36. The molecule has 60 valence electrons. The predicted octanol–water partition coefficient (Wildman–Crippen LogP) is -1.71. The highest BCUT2D eigenvalue weighted by Crippen LogP contribution is 1.82. The van der Waals surface area contributed by atoms with E-state index in [2.05, 4.69) is 17.6 Å². The molecule has 0 atom stereocenters. The van der Waals surface area contributed by atoms with Crippen molar-refractivity contribution in [2.24, 2.45) is 11.7 Å². The van der Waals surface area contributed by atoms with E-state index in [9.17, 15) is 0 Å². The van der Waals surface area contributed by atoms with Crippen LogP contribution in [0.5, 0.6) is 0 Å². The molecule has 0 aliphatic carbocycles. The zero-order valence-corrected chi connectivity index (χ0v) is 6.40. The Morgan fingerprint density at radius 3 is 2.70 bits per heavy atom. The zero-order chi connectivity index (χ0) is 7.98. The number of nitrogens with zero attached hydrogens (tertiary/aromatic N) is 1. The summed E-state index contributed by atoms with van der Waals surface area (Å²) >= 11 is 4.67. The molecule has 6 N–H and O–H groups in total. The van der Waals surface area contributed by atoms with Gasteiger partial charge in [0.15, 0.2) is 5.11 Å². The number of aliphatic hydroxyl groups excluding tert-OH is 1. The summed E-state index contributed by atoms with van der Waals surface area (Å²) < 4.78 is 0. The minimum Gasteiger partial charge on any atom is -0.396 e. The Balaban J connectivity index is 3.41. The van der Waals surface area contributed by atoms with Gasteiger partial charge in [0.25, 0.3) is 0 Å². The van der Waals surface area contributed by atoms with Crippen LogP contribution in [0.3, 0.4) is 0 Å². The first-order valence-corrected chi connectivity index (χ1v) is 3.27. The van der Waals surface area contributed by atoms with Gasteiger partial charge in [-0.05, 0) is 18.6 Å². The Bertz CT molecular complexity index is 109. The first-order valence-electron chi connectivity index (χ1n) is 2.86. The molecule has 6 heteroatoms. The minimum atomic E-state index is 0.0981. The summed E-state index contributed by atoms with van der Waals surface area (Å²) in [5.74, 6) is 10.3. The van der Waals surface area contributed by atoms with Gasteiger partial charge in [0.05, 0.1) is 0 Å². The first-order chi connectivity index (χ1) is 4.72. The SMILES string of the molecule is NNC(=S)N(N)CCCO. The smallest absolute Gasteiger partial charge is 0.197 e. The van der Waals surface area contributed by atoms with E-state index in [0.29, 0.717) is 13.0 Å². The summed E-state index contributed by atoms with van der Waals surface area (Å²) in [4.78, 5) is 0. The largest absolute Gasteiger partial charge is 0.396 e. The van der Waals surface area contributed by atoms with Gasteiger partial charge in [-0.25, -0.2) is 11.7 Å². The van der Waals surface area contributed by atoms with E-state index in [0.717, 1.165) is 0 Å². The van der Waals surface area contributed by atoms with Crippen molar-refractivity contribution in [3.63, 3.8) is 0 Å². The lowest BCUT2D eigenvalue weighted by Gasteiger charge is -2.17. The van der Waals surface area contributed by atoms with Crippen LogP contribution in [0.1, 0.15) is 6.42 Å². The monoisotopic (exact) mass is 164 g/mol. The Hall–Kier alpha value is -0.430. The summed E-state index contributed by atoms with van der Waals surface area (Å²) in [6.07, 6.45) is 0.582. The van der Waals surface area contributed by atoms with Gasteiger partial charge in [-0.3, -0.25) is 10.4 Å². The third-order valence-electron chi connectivity index (χ3n) is 0.941. The number of nitrogens with one attached hydrogen (secondary N) is 1. The first kappa shape index (κ1) is 9.57. The van der Waals surface area contributed by atoms with E-state index in [1.165, 1.54) is 5.01 Å². The Morgan fingerprint density at radius 2 is 2.30 bits per heavy atom. The highest BCUT2D eigenvalue weighted by Gasteiger charge is 1.99. The fourth-order valence-corrected chi connectivity index (χ4v) is 0.517. The standard InChI is InChI=1S/C4H12N4OS/c5-7-4(10)8(6)2-1-3-9/h9H,1-3,5-6H2,(H,7,10). The lowest BCUT2D eigenvalue weighted by molar-refractivity contribution is 0.267. The fourth-order valence-electron chi connectivity index (χ4n) is 0.426. The highest BCUT2D eigenvalue weighted by atomic mass is 32.1. The van der Waals surface area contributed by atoms with Crippen molar-refractivity contribution in [1.29, 1.82) is 0 Å². The maximum Gasteiger partial charge on any atom is 0.197 e. The summed E-state index contributed by atoms with van der Waals surface area (Å²) in [5.41, 5.74) is 2.22. The van der Waals surface area contributed by atoms with Gasteiger partial charge in [0.1, 0.15) is 0 Å². The van der Waals surface area contributed by atoms with E-state index in [-0.39, 0.29) is 11.7 Å². The fraction of sp³-hybridized carbons (Fsp3) is 0.750. The molecule has 0 fully saturated rings. The Kier molecular flexibility index (Phi) is 5.13. The second-order valence-electron chi connectivity index (χ2n) is 1.72. The molecule has 0 aromatic heterocycles. The van der Waals surface area contributed by atoms with Gasteiger partial charge in [-0.15, -0.1) is 0 Å². The summed E-state index contributed by atoms with van der Waals surface area (Å²) in [5, 5.41) is 9.93. The molecule has 0 spiro atoms. The van der Waals surface area contributed by atoms with Gasteiger partial charge < -0.3 is 5.11 Å². The number of hydrogen-bond donors (Lipinski definition) is 4. The molecule has 0 rings (SSSR count). The maximum absolute atomic E-state index is 8.39. The van der Waals surface area contributed by atoms with Gasteiger partial charge in [0, 0.05) is 13.2 Å². The summed E-state index contributed by atoms with van der Waals surface area (Å²) in [7, 11) is 0. The molecule has 5 nitrogen and oxygen atoms in total. The van der Waals surface area contributed by atoms with Gasteiger partial charge in [-0.2, -0.15) is 0 Å². The molecule has 0 aliphatic heterocycles. The number of rotatable bonds is 3. The van der Waals surface area contributed by atoms with E-state index in [1.54, 1.807) is 0 Å². The average molecular weight is 164 g/mol. The Labute approximate surface area is 64.9 Å². The van der Waals surface area contributed by atoms with Gasteiger partial charge in [-0.1, -0.05) is 0 Å². The van der Waals surface area contributed by atoms with Gasteiger partial charge >= 0.3 is 0 Å². The van der Waals surface area contributed by atoms with Crippen LogP contribution in [-0.2, 0) is 0 Å². The number of aliphatic hydroxyl groups is 1. The van der Waals surface area contributed by atoms with E-state index < -0.39 is 0 Å². The van der Waals surface area contributed by atoms with Crippen molar-refractivity contribution in [2.45, 2.75) is 6.42 Å². The lowest BCUT2D eigenvalue weighted by Crippen LogP contribution is -2.47. The number of thiocarbonyl (C=S) groups is 1. The molecular weight excluding hydrogens is 152 g/mol. The topological polar surface area (TPSA) is 87.5 Å². The van der Waals surface area contributed by atoms with Crippen LogP contribution in [0.15, 0.2) is 0 Å². The van der Waals surface area contributed by atoms with Crippen LogP contribution in [0.4, 0.5) is 0 Å². The molecule has 0 amide bonds. The third-order valence-corrected chi connectivity index (χ3v) is 1.29. The molecule has 0 aromatic rings. The number of hydrazine groups is 2. The molecule has 0 unspecified atom stereocenters. The quantitative estimate of drug-likeness (QED) is 0.226. The van der Waals surface area contributed by atoms with Crippen molar-refractivity contribution >= 4 is 17.3 Å². The molecule has 0 saturated heterocycles. The number of hydrogen-bond acceptors (Lipinski definition) is 4. The van der Waals surface area contributed by atoms with Crippen molar-refractivity contribution in [1.82, 2.24) is 10.4 Å². The summed E-state index contributed by atoms with van der Waals surface area (Å²) in [6.45, 7) is 0.598. The number of nitrogens with two attached hydrogens (primary N) is 2. The van der Waals surface area contributed by atoms with Crippen molar-refractivity contribution in [3.8, 4) is 0 Å². The molecule has 10 heavy (non-hydrogen) atoms. The van der Waals surface area contributed by atoms with Crippen molar-refractivity contribution in [2.75, 3.05) is 13.2 Å². The van der Waals surface area contributed by atoms with Crippen LogP contribution >= 0.6 is 12.2 Å². The Morgan fingerprint density at radius 1 is 1.70 bits per heavy atom. The van der Waals surface area contributed by atoms with Crippen LogP contribution in [0.25, 0.3) is 0 Å². The average Bonchev–Trinajstić information content (AvgIpc) is 1.98. The predicted molar refractivity (Wildman–Crippen MR) is 42.5 cm³/mol. The maximum atomic E-state index is 8.39.